The minimum absolute atomic E-state index is 0.720. The predicted octanol–water partition coefficient (Wildman–Crippen LogP) is 29.7. The van der Waals surface area contributed by atoms with E-state index in [0.29, 0.717) is 0 Å². The Morgan fingerprint density at radius 1 is 0.257 bits per heavy atom. The average Bonchev–Trinajstić information content (AvgIpc) is 1.52. The number of rotatable bonds is 5. The van der Waals surface area contributed by atoms with Crippen LogP contribution in [-0.2, 0) is 6.42 Å². The van der Waals surface area contributed by atoms with Crippen LogP contribution in [0.4, 0.5) is 0 Å². The van der Waals surface area contributed by atoms with Crippen LogP contribution in [0.5, 0.6) is 0 Å². The zero-order chi connectivity index (χ0) is 74.1. The molecule has 0 aliphatic heterocycles. The molecule has 26 rings (SSSR count). The second kappa shape index (κ2) is 25.2. The van der Waals surface area contributed by atoms with Crippen molar-refractivity contribution in [3.8, 4) is 107 Å². The van der Waals surface area contributed by atoms with E-state index >= 15 is 0 Å². The molecule has 0 radical (unpaired) electrons. The molecular weight excluding hydrogens is 1480 g/mol. The highest BCUT2D eigenvalue weighted by Crippen LogP contribution is 2.58. The molecular formula is C105H60BrN5S2. The highest BCUT2D eigenvalue weighted by atomic mass is 79.9. The maximum atomic E-state index is 5.20. The van der Waals surface area contributed by atoms with E-state index in [9.17, 15) is 0 Å². The van der Waals surface area contributed by atoms with Crippen LogP contribution in [0.25, 0.3) is 234 Å². The van der Waals surface area contributed by atoms with E-state index in [1.165, 1.54) is 172 Å². The van der Waals surface area contributed by atoms with E-state index < -0.39 is 0 Å². The minimum Gasteiger partial charge on any atom is -0.307 e. The molecule has 0 spiro atoms. The summed E-state index contributed by atoms with van der Waals surface area (Å²) in [6.07, 6.45) is 1.01. The molecule has 8 heteroatoms. The molecule has 0 N–H and O–H groups in total. The molecule has 3 aliphatic carbocycles. The van der Waals surface area contributed by atoms with Gasteiger partial charge in [0.05, 0.1) is 38.2 Å². The second-order valence-corrected chi connectivity index (χ2v) is 32.7. The van der Waals surface area contributed by atoms with Gasteiger partial charge in [-0.05, 0) is 177 Å². The Bertz CT molecular complexity index is 8020. The van der Waals surface area contributed by atoms with Crippen molar-refractivity contribution in [3.63, 3.8) is 0 Å². The first kappa shape index (κ1) is 64.2. The Labute approximate surface area is 665 Å². The fourth-order valence-electron chi connectivity index (χ4n) is 18.9. The topological polar surface area (TPSA) is 56.5 Å². The standard InChI is InChI=1S/C52H29N3S.C33H18S.C20H13BrN2/c1-2-13-30(14-3-1)48-38-19-8-10-23-43(38)53-52(54-48)31-25-27-32(28-26-31)55-49-40-22-12-21-35-33-15-4-5-16-34(33)41(45(35)40)29-42(49)46-36-17-6-7-18-37(36)47-39-20-9-11-24-44(39)56-51(47)50(46)55;1-2-9-19-18(8-1)20-13-7-14-23-25-16-28-31(27(25)17-26(19)30(20)23)21-10-3-4-11-22(21)32-24-12-5-6-15-29(24)34-33(28)32;21-16-12-10-15(11-13-16)20-22-18-9-5-4-8-17(18)19(23-20)14-6-2-1-3-7-14/h1-29H;1-15,17H,16H2;1-13H. The van der Waals surface area contributed by atoms with Crippen LogP contribution in [-0.4, -0.2) is 24.5 Å². The first-order valence-corrected chi connectivity index (χ1v) is 40.8. The van der Waals surface area contributed by atoms with Gasteiger partial charge in [-0.25, -0.2) is 19.9 Å². The molecule has 0 saturated heterocycles. The Hall–Kier alpha value is -13.6. The third-order valence-corrected chi connectivity index (χ3v) is 26.6. The van der Waals surface area contributed by atoms with Crippen molar-refractivity contribution in [2.45, 2.75) is 6.42 Å². The quantitative estimate of drug-likeness (QED) is 0.172. The molecule has 5 nitrogen and oxygen atoms in total. The number of para-hydroxylation sites is 2. The fourth-order valence-corrected chi connectivity index (χ4v) is 21.7. The van der Waals surface area contributed by atoms with E-state index in [1.54, 1.807) is 0 Å². The Kier molecular flexibility index (Phi) is 14.3. The Morgan fingerprint density at radius 2 is 0.673 bits per heavy atom. The van der Waals surface area contributed by atoms with E-state index in [2.05, 4.69) is 306 Å². The van der Waals surface area contributed by atoms with E-state index in [1.807, 2.05) is 89.4 Å². The molecule has 524 valence electrons. The third-order valence-electron chi connectivity index (χ3n) is 23.7. The lowest BCUT2D eigenvalue weighted by Gasteiger charge is -2.13. The smallest absolute Gasteiger partial charge is 0.160 e. The number of fused-ring (bicyclic) bond motifs is 30. The lowest BCUT2D eigenvalue weighted by molar-refractivity contribution is 1.19. The Morgan fingerprint density at radius 3 is 1.25 bits per heavy atom. The van der Waals surface area contributed by atoms with E-state index in [-0.39, 0.29) is 0 Å². The van der Waals surface area contributed by atoms with Gasteiger partial charge < -0.3 is 4.57 Å². The van der Waals surface area contributed by atoms with Crippen molar-refractivity contribution >= 4 is 166 Å². The van der Waals surface area contributed by atoms with Crippen LogP contribution in [0.3, 0.4) is 0 Å². The summed E-state index contributed by atoms with van der Waals surface area (Å²) >= 11 is 7.34. The maximum absolute atomic E-state index is 5.20. The van der Waals surface area contributed by atoms with E-state index in [4.69, 9.17) is 19.9 Å². The number of nitrogens with zero attached hydrogens (tertiary/aromatic N) is 5. The van der Waals surface area contributed by atoms with Crippen molar-refractivity contribution in [2.24, 2.45) is 0 Å². The van der Waals surface area contributed by atoms with Gasteiger partial charge >= 0.3 is 0 Å². The van der Waals surface area contributed by atoms with Gasteiger partial charge in [-0.1, -0.05) is 295 Å². The summed E-state index contributed by atoms with van der Waals surface area (Å²) in [5.74, 6) is 1.47. The van der Waals surface area contributed by atoms with Crippen molar-refractivity contribution in [1.82, 2.24) is 24.5 Å². The van der Waals surface area contributed by atoms with E-state index in [0.717, 1.165) is 83.7 Å². The number of hydrogen-bond acceptors (Lipinski definition) is 6. The monoisotopic (exact) mass is 1530 g/mol. The van der Waals surface area contributed by atoms with Crippen LogP contribution in [0.15, 0.2) is 356 Å². The summed E-state index contributed by atoms with van der Waals surface area (Å²) in [6, 6.07) is 127. The molecule has 5 heterocycles. The highest BCUT2D eigenvalue weighted by Gasteiger charge is 2.33. The van der Waals surface area contributed by atoms with Crippen molar-refractivity contribution in [2.75, 3.05) is 0 Å². The molecule has 18 aromatic carbocycles. The molecule has 0 saturated carbocycles. The SMILES string of the molecule is Brc1ccc(-c2nc(-c3ccccc3)c3ccccc3n2)cc1.c1ccc(-c2nc(-c3ccc(-n4c5c6cccc7c6c(cc5c5c6ccccc6c6c8ccccc8sc6c54)-c4ccccc4-7)cc3)nc3ccccc23)cc1.c1ccc2c(c1)-c1cccc3c4c(cc-2c13)-c1c(c2sc3ccccc3c2c2ccccc12)C4. The van der Waals surface area contributed by atoms with Crippen LogP contribution in [0.2, 0.25) is 0 Å². The van der Waals surface area contributed by atoms with Crippen LogP contribution in [0, 0.1) is 0 Å². The van der Waals surface area contributed by atoms with Crippen LogP contribution < -0.4 is 0 Å². The summed E-state index contributed by atoms with van der Waals surface area (Å²) in [5.41, 5.74) is 28.3. The van der Waals surface area contributed by atoms with Crippen LogP contribution in [0.1, 0.15) is 11.1 Å². The van der Waals surface area contributed by atoms with Gasteiger partial charge in [0.1, 0.15) is 0 Å². The zero-order valence-electron chi connectivity index (χ0n) is 60.6. The second-order valence-electron chi connectivity index (χ2n) is 29.7. The van der Waals surface area contributed by atoms with Crippen molar-refractivity contribution < 1.29 is 0 Å². The molecule has 113 heavy (non-hydrogen) atoms. The Balaban J connectivity index is 0.000000110. The lowest BCUT2D eigenvalue weighted by Crippen LogP contribution is -1.97. The molecule has 0 amide bonds. The molecule has 23 aromatic rings. The first-order valence-electron chi connectivity index (χ1n) is 38.4. The molecule has 0 atom stereocenters. The predicted molar refractivity (Wildman–Crippen MR) is 482 cm³/mol. The summed E-state index contributed by atoms with van der Waals surface area (Å²) < 4.78 is 9.07. The molecule has 5 aromatic heterocycles. The average molecular weight is 1540 g/mol. The lowest BCUT2D eigenvalue weighted by atomic mass is 9.91. The molecule has 0 unspecified atom stereocenters. The number of benzene rings is 18. The van der Waals surface area contributed by atoms with Gasteiger partial charge in [0.15, 0.2) is 11.6 Å². The summed E-state index contributed by atoms with van der Waals surface area (Å²) in [4.78, 5) is 19.9. The first-order chi connectivity index (χ1) is 56.0. The summed E-state index contributed by atoms with van der Waals surface area (Å²) in [5, 5.41) is 21.0. The van der Waals surface area contributed by atoms with Gasteiger partial charge in [0.25, 0.3) is 0 Å². The summed E-state index contributed by atoms with van der Waals surface area (Å²) in [7, 11) is 0. The van der Waals surface area contributed by atoms with Gasteiger partial charge in [-0.3, -0.25) is 0 Å². The van der Waals surface area contributed by atoms with Crippen molar-refractivity contribution in [3.05, 3.63) is 367 Å². The largest absolute Gasteiger partial charge is 0.307 e. The summed E-state index contributed by atoms with van der Waals surface area (Å²) in [6.45, 7) is 0. The molecule has 0 fully saturated rings. The zero-order valence-corrected chi connectivity index (χ0v) is 63.8. The maximum Gasteiger partial charge on any atom is 0.160 e. The number of aromatic nitrogens is 5. The highest BCUT2D eigenvalue weighted by molar-refractivity contribution is 9.10. The van der Waals surface area contributed by atoms with Gasteiger partial charge in [0, 0.05) is 101 Å². The van der Waals surface area contributed by atoms with Crippen LogP contribution >= 0.6 is 38.6 Å². The minimum atomic E-state index is 0.720. The normalized spacial score (nSPS) is 12.3. The third kappa shape index (κ3) is 9.74. The van der Waals surface area contributed by atoms with Gasteiger partial charge in [-0.2, -0.15) is 0 Å². The van der Waals surface area contributed by atoms with Crippen molar-refractivity contribution in [1.29, 1.82) is 0 Å². The number of thiophene rings is 2. The number of hydrogen-bond donors (Lipinski definition) is 0. The van der Waals surface area contributed by atoms with Gasteiger partial charge in [0.2, 0.25) is 0 Å². The number of halogens is 1. The molecule has 3 aliphatic rings. The van der Waals surface area contributed by atoms with Gasteiger partial charge in [-0.15, -0.1) is 22.7 Å². The fraction of sp³-hybridized carbons (Fsp3) is 0.00952. The molecule has 0 bridgehead atoms.